The van der Waals surface area contributed by atoms with E-state index in [0.717, 1.165) is 24.1 Å². The molecule has 0 spiro atoms. The summed E-state index contributed by atoms with van der Waals surface area (Å²) in [6.45, 7) is 2.82. The summed E-state index contributed by atoms with van der Waals surface area (Å²) in [5.74, 6) is -0.397. The van der Waals surface area contributed by atoms with Gasteiger partial charge in [0.1, 0.15) is 0 Å². The number of carbonyl (C=O) groups is 2. The van der Waals surface area contributed by atoms with Crippen LogP contribution in [0, 0.1) is 0 Å². The van der Waals surface area contributed by atoms with Gasteiger partial charge in [-0.2, -0.15) is 0 Å². The number of benzene rings is 2. The summed E-state index contributed by atoms with van der Waals surface area (Å²) < 4.78 is 0.804. The van der Waals surface area contributed by atoms with Crippen LogP contribution < -0.4 is 10.6 Å². The zero-order chi connectivity index (χ0) is 19.9. The van der Waals surface area contributed by atoms with Gasteiger partial charge in [0.25, 0.3) is 0 Å². The molecule has 2 aromatic rings. The van der Waals surface area contributed by atoms with E-state index in [1.54, 1.807) is 6.07 Å². The van der Waals surface area contributed by atoms with Gasteiger partial charge in [0.15, 0.2) is 0 Å². The van der Waals surface area contributed by atoms with Gasteiger partial charge in [-0.05, 0) is 40.7 Å². The zero-order valence-electron chi connectivity index (χ0n) is 15.9. The fourth-order valence-electron chi connectivity index (χ4n) is 3.31. The number of nitrogens with one attached hydrogen (secondary N) is 2. The number of rotatable bonds is 6. The summed E-state index contributed by atoms with van der Waals surface area (Å²) in [6.07, 6.45) is 0. The van der Waals surface area contributed by atoms with Crippen LogP contribution in [0.1, 0.15) is 11.6 Å². The maximum Gasteiger partial charge on any atom is 0.243 e. The summed E-state index contributed by atoms with van der Waals surface area (Å²) in [5, 5.41) is 5.52. The fourth-order valence-corrected chi connectivity index (χ4v) is 3.70. The predicted molar refractivity (Wildman–Crippen MR) is 114 cm³/mol. The lowest BCUT2D eigenvalue weighted by atomic mass is 10.0. The van der Waals surface area contributed by atoms with Crippen LogP contribution in [0.5, 0.6) is 0 Å². The highest BCUT2D eigenvalue weighted by molar-refractivity contribution is 9.10. The number of hydrogen-bond acceptors (Lipinski definition) is 4. The van der Waals surface area contributed by atoms with Crippen LogP contribution in [0.4, 0.5) is 5.69 Å². The van der Waals surface area contributed by atoms with Crippen molar-refractivity contribution in [2.45, 2.75) is 6.04 Å². The molecule has 2 N–H and O–H groups in total. The number of hydrogen-bond donors (Lipinski definition) is 2. The van der Waals surface area contributed by atoms with Crippen molar-refractivity contribution in [3.63, 3.8) is 0 Å². The summed E-state index contributed by atoms with van der Waals surface area (Å²) in [5.41, 5.74) is 1.89. The van der Waals surface area contributed by atoms with Crippen molar-refractivity contribution < 1.29 is 9.59 Å². The highest BCUT2D eigenvalue weighted by Crippen LogP contribution is 2.24. The molecule has 1 saturated heterocycles. The molecule has 0 aliphatic carbocycles. The second kappa shape index (κ2) is 9.82. The number of anilines is 1. The molecule has 1 atom stereocenters. The number of halogens is 1. The maximum absolute atomic E-state index is 12.4. The van der Waals surface area contributed by atoms with Gasteiger partial charge in [-0.25, -0.2) is 0 Å². The Balaban J connectivity index is 1.53. The van der Waals surface area contributed by atoms with E-state index in [-0.39, 0.29) is 30.9 Å². The smallest absolute Gasteiger partial charge is 0.243 e. The molecular weight excluding hydrogens is 420 g/mol. The van der Waals surface area contributed by atoms with Crippen molar-refractivity contribution in [1.29, 1.82) is 0 Å². The van der Waals surface area contributed by atoms with Gasteiger partial charge in [-0.3, -0.25) is 14.5 Å². The first-order valence-corrected chi connectivity index (χ1v) is 10.1. The maximum atomic E-state index is 12.4. The molecule has 0 aromatic heterocycles. The molecular formula is C21H25BrN4O2. The van der Waals surface area contributed by atoms with Crippen LogP contribution >= 0.6 is 15.9 Å². The van der Waals surface area contributed by atoms with Gasteiger partial charge in [0, 0.05) is 30.1 Å². The van der Waals surface area contributed by atoms with Gasteiger partial charge >= 0.3 is 0 Å². The van der Waals surface area contributed by atoms with Gasteiger partial charge in [0.05, 0.1) is 18.8 Å². The number of para-hydroxylation sites is 1. The number of likely N-dealkylation sites (N-methyl/N-ethyl adjacent to an activating group) is 1. The fraction of sp³-hybridized carbons (Fsp3) is 0.333. The predicted octanol–water partition coefficient (Wildman–Crippen LogP) is 2.49. The molecule has 2 amide bonds. The summed E-state index contributed by atoms with van der Waals surface area (Å²) in [7, 11) is 2.10. The van der Waals surface area contributed by atoms with Crippen LogP contribution in [0.25, 0.3) is 0 Å². The van der Waals surface area contributed by atoms with Crippen molar-refractivity contribution in [1.82, 2.24) is 15.1 Å². The van der Waals surface area contributed by atoms with Crippen LogP contribution in [-0.2, 0) is 9.59 Å². The number of amides is 2. The first kappa shape index (κ1) is 20.5. The van der Waals surface area contributed by atoms with E-state index in [9.17, 15) is 9.59 Å². The van der Waals surface area contributed by atoms with Crippen molar-refractivity contribution in [3.8, 4) is 0 Å². The largest absolute Gasteiger partial charge is 0.346 e. The van der Waals surface area contributed by atoms with E-state index in [1.165, 1.54) is 5.56 Å². The van der Waals surface area contributed by atoms with Crippen molar-refractivity contribution in [2.24, 2.45) is 0 Å². The molecule has 7 heteroatoms. The third-order valence-corrected chi connectivity index (χ3v) is 5.51. The van der Waals surface area contributed by atoms with Gasteiger partial charge in [-0.1, -0.05) is 42.5 Å². The number of nitrogens with zero attached hydrogens (tertiary/aromatic N) is 2. The van der Waals surface area contributed by atoms with Crippen molar-refractivity contribution in [3.05, 3.63) is 64.6 Å². The molecule has 1 fully saturated rings. The SMILES string of the molecule is CN1CCN(CC(=O)NCC(=O)Nc2ccccc2Br)C(c2ccccc2)C1. The van der Waals surface area contributed by atoms with Gasteiger partial charge < -0.3 is 15.5 Å². The molecule has 28 heavy (non-hydrogen) atoms. The molecule has 1 aliphatic heterocycles. The minimum atomic E-state index is -0.252. The Morgan fingerprint density at radius 2 is 1.75 bits per heavy atom. The summed E-state index contributed by atoms with van der Waals surface area (Å²) >= 11 is 3.39. The topological polar surface area (TPSA) is 64.7 Å². The Bertz CT molecular complexity index is 815. The van der Waals surface area contributed by atoms with Crippen LogP contribution in [-0.4, -0.2) is 61.4 Å². The van der Waals surface area contributed by atoms with Gasteiger partial charge in [0.2, 0.25) is 11.8 Å². The second-order valence-corrected chi connectivity index (χ2v) is 7.82. The average molecular weight is 445 g/mol. The Hall–Kier alpha value is -2.22. The molecule has 1 aliphatic rings. The first-order chi connectivity index (χ1) is 13.5. The molecule has 148 valence electrons. The average Bonchev–Trinajstić information content (AvgIpc) is 2.70. The van der Waals surface area contributed by atoms with E-state index < -0.39 is 0 Å². The first-order valence-electron chi connectivity index (χ1n) is 9.31. The molecule has 1 heterocycles. The molecule has 0 saturated carbocycles. The lowest BCUT2D eigenvalue weighted by molar-refractivity contribution is -0.126. The normalized spacial score (nSPS) is 17.9. The molecule has 3 rings (SSSR count). The van der Waals surface area contributed by atoms with Crippen LogP contribution in [0.15, 0.2) is 59.1 Å². The van der Waals surface area contributed by atoms with E-state index >= 15 is 0 Å². The van der Waals surface area contributed by atoms with E-state index in [4.69, 9.17) is 0 Å². The molecule has 0 bridgehead atoms. The van der Waals surface area contributed by atoms with E-state index in [0.29, 0.717) is 5.69 Å². The lowest BCUT2D eigenvalue weighted by Gasteiger charge is -2.39. The standard InChI is InChI=1S/C21H25BrN4O2/c1-25-11-12-26(19(14-25)16-7-3-2-4-8-16)15-21(28)23-13-20(27)24-18-10-6-5-9-17(18)22/h2-10,19H,11-15H2,1H3,(H,23,28)(H,24,27). The van der Waals surface area contributed by atoms with Crippen molar-refractivity contribution >= 4 is 33.4 Å². The van der Waals surface area contributed by atoms with Gasteiger partial charge in [-0.15, -0.1) is 0 Å². The molecule has 0 radical (unpaired) electrons. The second-order valence-electron chi connectivity index (χ2n) is 6.96. The third-order valence-electron chi connectivity index (χ3n) is 4.82. The Morgan fingerprint density at radius 3 is 2.50 bits per heavy atom. The zero-order valence-corrected chi connectivity index (χ0v) is 17.5. The third kappa shape index (κ3) is 5.64. The summed E-state index contributed by atoms with van der Waals surface area (Å²) in [6, 6.07) is 17.8. The monoisotopic (exact) mass is 444 g/mol. The minimum absolute atomic E-state index is 0.0517. The summed E-state index contributed by atoms with van der Waals surface area (Å²) in [4.78, 5) is 29.0. The van der Waals surface area contributed by atoms with Crippen molar-refractivity contribution in [2.75, 3.05) is 45.1 Å². The quantitative estimate of drug-likeness (QED) is 0.718. The Morgan fingerprint density at radius 1 is 1.04 bits per heavy atom. The van der Waals surface area contributed by atoms with E-state index in [1.807, 2.05) is 36.4 Å². The highest BCUT2D eigenvalue weighted by Gasteiger charge is 2.28. The van der Waals surface area contributed by atoms with Crippen LogP contribution in [0.3, 0.4) is 0 Å². The Labute approximate surface area is 174 Å². The Kier molecular flexibility index (Phi) is 7.19. The van der Waals surface area contributed by atoms with Crippen LogP contribution in [0.2, 0.25) is 0 Å². The molecule has 2 aromatic carbocycles. The number of carbonyl (C=O) groups excluding carboxylic acids is 2. The lowest BCUT2D eigenvalue weighted by Crippen LogP contribution is -2.50. The molecule has 6 nitrogen and oxygen atoms in total. The van der Waals surface area contributed by atoms with E-state index in [2.05, 4.69) is 55.5 Å². The molecule has 1 unspecified atom stereocenters. The minimum Gasteiger partial charge on any atom is -0.346 e. The highest BCUT2D eigenvalue weighted by atomic mass is 79.9. The number of piperazine rings is 1.